The highest BCUT2D eigenvalue weighted by atomic mass is 19.1. The molecule has 3 aromatic rings. The average Bonchev–Trinajstić information content (AvgIpc) is 3.06. The van der Waals surface area contributed by atoms with Gasteiger partial charge in [-0.2, -0.15) is 5.26 Å². The Bertz CT molecular complexity index is 921. The number of rotatable bonds is 3. The van der Waals surface area contributed by atoms with Gasteiger partial charge in [-0.25, -0.2) is 13.8 Å². The van der Waals surface area contributed by atoms with E-state index in [2.05, 4.69) is 4.98 Å². The van der Waals surface area contributed by atoms with Crippen molar-refractivity contribution in [2.45, 2.75) is 12.5 Å². The third-order valence-electron chi connectivity index (χ3n) is 3.96. The summed E-state index contributed by atoms with van der Waals surface area (Å²) in [5.41, 5.74) is 7.15. The summed E-state index contributed by atoms with van der Waals surface area (Å²) in [4.78, 5) is 4.11. The number of halogens is 2. The van der Waals surface area contributed by atoms with Crippen LogP contribution in [-0.2, 0) is 5.54 Å². The molecule has 4 nitrogen and oxygen atoms in total. The molecule has 6 heteroatoms. The SMILES string of the molecule is CC(N)(c1ccc(C#N)c(F)c1)c1cncn1-c1ccc(F)cc1. The van der Waals surface area contributed by atoms with Crippen LogP contribution in [0.1, 0.15) is 23.7 Å². The molecule has 0 aliphatic rings. The fourth-order valence-corrected chi connectivity index (χ4v) is 2.56. The standard InChI is InChI=1S/C18H14F2N4/c1-18(22,13-3-2-12(9-21)16(20)8-13)17-10-23-11-24(17)15-6-4-14(19)5-7-15/h2-8,10-11H,22H2,1H3. The van der Waals surface area contributed by atoms with Crippen LogP contribution < -0.4 is 5.73 Å². The summed E-state index contributed by atoms with van der Waals surface area (Å²) in [6, 6.07) is 11.9. The van der Waals surface area contributed by atoms with Gasteiger partial charge in [-0.15, -0.1) is 0 Å². The van der Waals surface area contributed by atoms with Crippen LogP contribution in [0.4, 0.5) is 8.78 Å². The molecular weight excluding hydrogens is 310 g/mol. The molecule has 1 atom stereocenters. The normalized spacial score (nSPS) is 13.3. The molecule has 0 aliphatic heterocycles. The van der Waals surface area contributed by atoms with E-state index in [-0.39, 0.29) is 11.4 Å². The van der Waals surface area contributed by atoms with E-state index in [1.165, 1.54) is 24.3 Å². The van der Waals surface area contributed by atoms with Gasteiger partial charge >= 0.3 is 0 Å². The van der Waals surface area contributed by atoms with Crippen molar-refractivity contribution in [3.8, 4) is 11.8 Å². The Kier molecular flexibility index (Phi) is 3.87. The van der Waals surface area contributed by atoms with Crippen molar-refractivity contribution in [3.63, 3.8) is 0 Å². The zero-order chi connectivity index (χ0) is 17.3. The molecule has 0 bridgehead atoms. The number of hydrogen-bond acceptors (Lipinski definition) is 3. The maximum Gasteiger partial charge on any atom is 0.141 e. The molecule has 0 amide bonds. The van der Waals surface area contributed by atoms with Crippen molar-refractivity contribution in [1.29, 1.82) is 5.26 Å². The summed E-state index contributed by atoms with van der Waals surface area (Å²) in [6.45, 7) is 1.73. The lowest BCUT2D eigenvalue weighted by Gasteiger charge is -2.27. The van der Waals surface area contributed by atoms with Crippen LogP contribution in [0.3, 0.4) is 0 Å². The summed E-state index contributed by atoms with van der Waals surface area (Å²) in [6.07, 6.45) is 3.15. The fourth-order valence-electron chi connectivity index (χ4n) is 2.56. The van der Waals surface area contributed by atoms with Gasteiger partial charge in [0, 0.05) is 5.69 Å². The lowest BCUT2D eigenvalue weighted by Crippen LogP contribution is -2.36. The molecule has 24 heavy (non-hydrogen) atoms. The molecule has 1 heterocycles. The molecule has 0 saturated heterocycles. The lowest BCUT2D eigenvalue weighted by atomic mass is 9.89. The van der Waals surface area contributed by atoms with Gasteiger partial charge in [-0.1, -0.05) is 6.07 Å². The Morgan fingerprint density at radius 3 is 2.50 bits per heavy atom. The average molecular weight is 324 g/mol. The Morgan fingerprint density at radius 1 is 1.17 bits per heavy atom. The van der Waals surface area contributed by atoms with Crippen LogP contribution in [0.15, 0.2) is 55.0 Å². The van der Waals surface area contributed by atoms with Crippen molar-refractivity contribution in [3.05, 3.63) is 83.4 Å². The van der Waals surface area contributed by atoms with Gasteiger partial charge in [0.15, 0.2) is 0 Å². The first-order valence-corrected chi connectivity index (χ1v) is 7.21. The third-order valence-corrected chi connectivity index (χ3v) is 3.96. The van der Waals surface area contributed by atoms with E-state index in [9.17, 15) is 8.78 Å². The van der Waals surface area contributed by atoms with E-state index in [4.69, 9.17) is 11.0 Å². The van der Waals surface area contributed by atoms with Gasteiger partial charge in [-0.05, 0) is 48.9 Å². The minimum absolute atomic E-state index is 0.0402. The van der Waals surface area contributed by atoms with Crippen LogP contribution >= 0.6 is 0 Å². The highest BCUT2D eigenvalue weighted by Gasteiger charge is 2.29. The highest BCUT2D eigenvalue weighted by Crippen LogP contribution is 2.29. The van der Waals surface area contributed by atoms with E-state index in [1.807, 2.05) is 0 Å². The molecule has 3 rings (SSSR count). The van der Waals surface area contributed by atoms with Crippen molar-refractivity contribution < 1.29 is 8.78 Å². The number of imidazole rings is 1. The van der Waals surface area contributed by atoms with Gasteiger partial charge in [0.05, 0.1) is 29.3 Å². The first kappa shape index (κ1) is 15.8. The molecule has 120 valence electrons. The lowest BCUT2D eigenvalue weighted by molar-refractivity contribution is 0.556. The quantitative estimate of drug-likeness (QED) is 0.804. The minimum Gasteiger partial charge on any atom is -0.317 e. The van der Waals surface area contributed by atoms with Gasteiger partial charge in [-0.3, -0.25) is 0 Å². The zero-order valence-corrected chi connectivity index (χ0v) is 12.9. The van der Waals surface area contributed by atoms with Crippen LogP contribution in [-0.4, -0.2) is 9.55 Å². The number of benzene rings is 2. The van der Waals surface area contributed by atoms with E-state index in [1.54, 1.807) is 48.3 Å². The van der Waals surface area contributed by atoms with E-state index >= 15 is 0 Å². The number of nitrogens with two attached hydrogens (primary N) is 1. The van der Waals surface area contributed by atoms with E-state index in [0.717, 1.165) is 0 Å². The predicted molar refractivity (Wildman–Crippen MR) is 85.3 cm³/mol. The molecule has 1 aromatic heterocycles. The Balaban J connectivity index is 2.08. The molecule has 1 unspecified atom stereocenters. The van der Waals surface area contributed by atoms with Gasteiger partial charge in [0.2, 0.25) is 0 Å². The van der Waals surface area contributed by atoms with Crippen molar-refractivity contribution in [2.75, 3.05) is 0 Å². The van der Waals surface area contributed by atoms with Crippen molar-refractivity contribution in [2.24, 2.45) is 5.73 Å². The van der Waals surface area contributed by atoms with Crippen LogP contribution in [0.5, 0.6) is 0 Å². The van der Waals surface area contributed by atoms with E-state index < -0.39 is 11.4 Å². The van der Waals surface area contributed by atoms with E-state index in [0.29, 0.717) is 16.9 Å². The van der Waals surface area contributed by atoms with Crippen molar-refractivity contribution in [1.82, 2.24) is 9.55 Å². The van der Waals surface area contributed by atoms with Crippen LogP contribution in [0.2, 0.25) is 0 Å². The summed E-state index contributed by atoms with van der Waals surface area (Å²) >= 11 is 0. The van der Waals surface area contributed by atoms with Crippen LogP contribution in [0, 0.1) is 23.0 Å². The topological polar surface area (TPSA) is 67.6 Å². The molecule has 2 aromatic carbocycles. The molecule has 0 fully saturated rings. The number of aromatic nitrogens is 2. The highest BCUT2D eigenvalue weighted by molar-refractivity contribution is 5.42. The molecule has 0 saturated carbocycles. The molecular formula is C18H14F2N4. The largest absolute Gasteiger partial charge is 0.317 e. The third kappa shape index (κ3) is 2.66. The number of hydrogen-bond donors (Lipinski definition) is 1. The smallest absolute Gasteiger partial charge is 0.141 e. The second-order valence-corrected chi connectivity index (χ2v) is 5.63. The summed E-state index contributed by atoms with van der Waals surface area (Å²) < 4.78 is 28.8. The molecule has 2 N–H and O–H groups in total. The first-order valence-electron chi connectivity index (χ1n) is 7.21. The number of nitrogens with zero attached hydrogens (tertiary/aromatic N) is 3. The Labute approximate surface area is 137 Å². The van der Waals surface area contributed by atoms with Gasteiger partial charge in [0.25, 0.3) is 0 Å². The summed E-state index contributed by atoms with van der Waals surface area (Å²) in [5.74, 6) is -0.968. The monoisotopic (exact) mass is 324 g/mol. The van der Waals surface area contributed by atoms with Gasteiger partial charge in [0.1, 0.15) is 17.7 Å². The Morgan fingerprint density at radius 2 is 1.88 bits per heavy atom. The first-order chi connectivity index (χ1) is 11.4. The Hall–Kier alpha value is -3.04. The summed E-state index contributed by atoms with van der Waals surface area (Å²) in [7, 11) is 0. The molecule has 0 aliphatic carbocycles. The predicted octanol–water partition coefficient (Wildman–Crippen LogP) is 3.24. The maximum absolute atomic E-state index is 13.9. The zero-order valence-electron chi connectivity index (χ0n) is 12.9. The van der Waals surface area contributed by atoms with Crippen molar-refractivity contribution >= 4 is 0 Å². The maximum atomic E-state index is 13.9. The minimum atomic E-state index is -1.06. The van der Waals surface area contributed by atoms with Gasteiger partial charge < -0.3 is 10.3 Å². The number of nitriles is 1. The molecule has 0 spiro atoms. The molecule has 0 radical (unpaired) electrons. The fraction of sp³-hybridized carbons (Fsp3) is 0.111. The summed E-state index contributed by atoms with van der Waals surface area (Å²) in [5, 5.41) is 8.85. The second kappa shape index (κ2) is 5.87. The second-order valence-electron chi connectivity index (χ2n) is 5.63. The van der Waals surface area contributed by atoms with Crippen LogP contribution in [0.25, 0.3) is 5.69 Å².